The SMILES string of the molecule is COC(=O)c1ccc(Cl)c2[nH]ccc(=O)c12. The molecular formula is C11H8ClNO3. The predicted molar refractivity (Wildman–Crippen MR) is 60.9 cm³/mol. The van der Waals surface area contributed by atoms with Gasteiger partial charge in [0.1, 0.15) is 0 Å². The fourth-order valence-corrected chi connectivity index (χ4v) is 1.75. The molecule has 1 heterocycles. The Balaban J connectivity index is 2.92. The van der Waals surface area contributed by atoms with Crippen LogP contribution in [0.25, 0.3) is 10.9 Å². The molecule has 1 aromatic heterocycles. The molecule has 0 atom stereocenters. The summed E-state index contributed by atoms with van der Waals surface area (Å²) in [6.07, 6.45) is 1.48. The van der Waals surface area contributed by atoms with Gasteiger partial charge in [-0.15, -0.1) is 0 Å². The maximum Gasteiger partial charge on any atom is 0.338 e. The number of carbonyl (C=O) groups excluding carboxylic acids is 1. The van der Waals surface area contributed by atoms with Crippen molar-refractivity contribution in [1.29, 1.82) is 0 Å². The molecule has 0 radical (unpaired) electrons. The van der Waals surface area contributed by atoms with E-state index in [0.29, 0.717) is 10.5 Å². The van der Waals surface area contributed by atoms with Crippen molar-refractivity contribution in [2.24, 2.45) is 0 Å². The third kappa shape index (κ3) is 1.57. The summed E-state index contributed by atoms with van der Waals surface area (Å²) < 4.78 is 4.60. The minimum atomic E-state index is -0.557. The summed E-state index contributed by atoms with van der Waals surface area (Å²) in [6.45, 7) is 0. The molecule has 4 nitrogen and oxygen atoms in total. The molecule has 0 bridgehead atoms. The minimum absolute atomic E-state index is 0.212. The molecule has 0 saturated heterocycles. The Morgan fingerprint density at radius 3 is 2.81 bits per heavy atom. The van der Waals surface area contributed by atoms with Gasteiger partial charge in [-0.2, -0.15) is 0 Å². The van der Waals surface area contributed by atoms with Crippen molar-refractivity contribution < 1.29 is 9.53 Å². The summed E-state index contributed by atoms with van der Waals surface area (Å²) in [4.78, 5) is 26.0. The van der Waals surface area contributed by atoms with E-state index in [0.717, 1.165) is 0 Å². The van der Waals surface area contributed by atoms with Gasteiger partial charge in [-0.3, -0.25) is 4.79 Å². The van der Waals surface area contributed by atoms with Crippen molar-refractivity contribution in [2.75, 3.05) is 7.11 Å². The number of hydrogen-bond acceptors (Lipinski definition) is 3. The van der Waals surface area contributed by atoms with Gasteiger partial charge in [-0.25, -0.2) is 4.79 Å². The maximum absolute atomic E-state index is 11.7. The Kier molecular flexibility index (Phi) is 2.66. The van der Waals surface area contributed by atoms with E-state index in [-0.39, 0.29) is 16.4 Å². The van der Waals surface area contributed by atoms with Gasteiger partial charge in [0.15, 0.2) is 5.43 Å². The monoisotopic (exact) mass is 237 g/mol. The van der Waals surface area contributed by atoms with Crippen molar-refractivity contribution in [3.8, 4) is 0 Å². The van der Waals surface area contributed by atoms with Gasteiger partial charge in [0.25, 0.3) is 0 Å². The lowest BCUT2D eigenvalue weighted by molar-refractivity contribution is 0.0603. The Labute approximate surface area is 95.8 Å². The molecule has 0 aliphatic heterocycles. The molecule has 0 saturated carbocycles. The van der Waals surface area contributed by atoms with Crippen LogP contribution in [0.5, 0.6) is 0 Å². The Morgan fingerprint density at radius 1 is 1.38 bits per heavy atom. The van der Waals surface area contributed by atoms with Crippen LogP contribution < -0.4 is 5.43 Å². The first-order chi connectivity index (χ1) is 7.65. The van der Waals surface area contributed by atoms with Crippen LogP contribution in [0.15, 0.2) is 29.2 Å². The van der Waals surface area contributed by atoms with Gasteiger partial charge in [0.05, 0.1) is 28.6 Å². The lowest BCUT2D eigenvalue weighted by atomic mass is 10.1. The number of halogens is 1. The zero-order valence-electron chi connectivity index (χ0n) is 8.41. The summed E-state index contributed by atoms with van der Waals surface area (Å²) >= 11 is 5.93. The molecule has 0 amide bonds. The fraction of sp³-hybridized carbons (Fsp3) is 0.0909. The number of rotatable bonds is 1. The van der Waals surface area contributed by atoms with Crippen molar-refractivity contribution >= 4 is 28.5 Å². The molecule has 2 rings (SSSR count). The highest BCUT2D eigenvalue weighted by atomic mass is 35.5. The summed E-state index contributed by atoms with van der Waals surface area (Å²) in [7, 11) is 1.26. The Bertz CT molecular complexity index is 618. The van der Waals surface area contributed by atoms with E-state index >= 15 is 0 Å². The second kappa shape index (κ2) is 3.98. The minimum Gasteiger partial charge on any atom is -0.465 e. The van der Waals surface area contributed by atoms with E-state index in [1.807, 2.05) is 0 Å². The molecular weight excluding hydrogens is 230 g/mol. The van der Waals surface area contributed by atoms with Crippen LogP contribution in [-0.4, -0.2) is 18.1 Å². The highest BCUT2D eigenvalue weighted by Crippen LogP contribution is 2.22. The van der Waals surface area contributed by atoms with Gasteiger partial charge in [-0.05, 0) is 12.1 Å². The molecule has 0 aliphatic rings. The van der Waals surface area contributed by atoms with E-state index in [9.17, 15) is 9.59 Å². The molecule has 1 aromatic carbocycles. The van der Waals surface area contributed by atoms with E-state index in [2.05, 4.69) is 9.72 Å². The van der Waals surface area contributed by atoms with Crippen molar-refractivity contribution in [3.63, 3.8) is 0 Å². The highest BCUT2D eigenvalue weighted by Gasteiger charge is 2.14. The van der Waals surface area contributed by atoms with Crippen LogP contribution in [-0.2, 0) is 4.74 Å². The topological polar surface area (TPSA) is 59.2 Å². The van der Waals surface area contributed by atoms with Crippen molar-refractivity contribution in [2.45, 2.75) is 0 Å². The second-order valence-corrected chi connectivity index (χ2v) is 3.59. The average Bonchev–Trinajstić information content (AvgIpc) is 2.30. The lowest BCUT2D eigenvalue weighted by Gasteiger charge is -2.05. The molecule has 16 heavy (non-hydrogen) atoms. The smallest absolute Gasteiger partial charge is 0.338 e. The number of esters is 1. The van der Waals surface area contributed by atoms with E-state index in [1.165, 1.54) is 25.4 Å². The number of nitrogens with one attached hydrogen (secondary N) is 1. The molecule has 0 unspecified atom stereocenters. The molecule has 2 aromatic rings. The molecule has 0 spiro atoms. The van der Waals surface area contributed by atoms with Crippen molar-refractivity contribution in [1.82, 2.24) is 4.98 Å². The summed E-state index contributed by atoms with van der Waals surface area (Å²) in [5.41, 5.74) is 0.387. The zero-order chi connectivity index (χ0) is 11.7. The number of aromatic nitrogens is 1. The van der Waals surface area contributed by atoms with E-state index in [4.69, 9.17) is 11.6 Å². The number of hydrogen-bond donors (Lipinski definition) is 1. The fourth-order valence-electron chi connectivity index (χ4n) is 1.54. The highest BCUT2D eigenvalue weighted by molar-refractivity contribution is 6.35. The average molecular weight is 238 g/mol. The van der Waals surface area contributed by atoms with Crippen LogP contribution in [0.2, 0.25) is 5.02 Å². The van der Waals surface area contributed by atoms with Gasteiger partial charge in [0, 0.05) is 12.3 Å². The van der Waals surface area contributed by atoms with Gasteiger partial charge < -0.3 is 9.72 Å². The van der Waals surface area contributed by atoms with Gasteiger partial charge in [-0.1, -0.05) is 11.6 Å². The number of methoxy groups -OCH3 is 1. The normalized spacial score (nSPS) is 10.4. The Hall–Kier alpha value is -1.81. The molecule has 0 aliphatic carbocycles. The molecule has 0 fully saturated rings. The van der Waals surface area contributed by atoms with E-state index in [1.54, 1.807) is 6.07 Å². The number of H-pyrrole nitrogens is 1. The summed E-state index contributed by atoms with van der Waals surface area (Å²) in [6, 6.07) is 4.36. The van der Waals surface area contributed by atoms with Crippen molar-refractivity contribution in [3.05, 3.63) is 45.2 Å². The predicted octanol–water partition coefficient (Wildman–Crippen LogP) is 1.97. The van der Waals surface area contributed by atoms with Gasteiger partial charge in [0.2, 0.25) is 0 Å². The first-order valence-electron chi connectivity index (χ1n) is 4.53. The zero-order valence-corrected chi connectivity index (χ0v) is 9.17. The van der Waals surface area contributed by atoms with Crippen LogP contribution >= 0.6 is 11.6 Å². The summed E-state index contributed by atoms with van der Waals surface area (Å²) in [5.74, 6) is -0.557. The number of ether oxygens (including phenoxy) is 1. The third-order valence-corrected chi connectivity index (χ3v) is 2.58. The number of carbonyl (C=O) groups is 1. The quantitative estimate of drug-likeness (QED) is 0.772. The second-order valence-electron chi connectivity index (χ2n) is 3.18. The number of aromatic amines is 1. The molecule has 5 heteroatoms. The largest absolute Gasteiger partial charge is 0.465 e. The summed E-state index contributed by atoms with van der Waals surface area (Å²) in [5, 5.41) is 0.641. The maximum atomic E-state index is 11.7. The lowest BCUT2D eigenvalue weighted by Crippen LogP contribution is -2.09. The van der Waals surface area contributed by atoms with Crippen LogP contribution in [0.1, 0.15) is 10.4 Å². The van der Waals surface area contributed by atoms with Crippen LogP contribution in [0, 0.1) is 0 Å². The van der Waals surface area contributed by atoms with E-state index < -0.39 is 5.97 Å². The number of fused-ring (bicyclic) bond motifs is 1. The van der Waals surface area contributed by atoms with Gasteiger partial charge >= 0.3 is 5.97 Å². The number of benzene rings is 1. The molecule has 82 valence electrons. The Morgan fingerprint density at radius 2 is 2.12 bits per heavy atom. The van der Waals surface area contributed by atoms with Crippen LogP contribution in [0.3, 0.4) is 0 Å². The number of pyridine rings is 1. The molecule has 1 N–H and O–H groups in total. The standard InChI is InChI=1S/C11H8ClNO3/c1-16-11(15)6-2-3-7(12)10-9(6)8(14)4-5-13-10/h2-5H,1H3,(H,13,14). The first-order valence-corrected chi connectivity index (χ1v) is 4.91. The first kappa shape index (κ1) is 10.7. The third-order valence-electron chi connectivity index (χ3n) is 2.27. The van der Waals surface area contributed by atoms with Crippen LogP contribution in [0.4, 0.5) is 0 Å².